The van der Waals surface area contributed by atoms with E-state index in [0.717, 1.165) is 19.3 Å². The molecule has 0 bridgehead atoms. The number of hydrogen-bond donors (Lipinski definition) is 2. The van der Waals surface area contributed by atoms with E-state index >= 15 is 0 Å². The Labute approximate surface area is 53.0 Å². The molecule has 0 heterocycles. The summed E-state index contributed by atoms with van der Waals surface area (Å²) in [6.07, 6.45) is 2.53. The van der Waals surface area contributed by atoms with Crippen molar-refractivity contribution >= 4 is 12.2 Å². The quantitative estimate of drug-likeness (QED) is 0.366. The van der Waals surface area contributed by atoms with Gasteiger partial charge in [-0.1, -0.05) is 0 Å². The fourth-order valence-corrected chi connectivity index (χ4v) is 0.134. The van der Waals surface area contributed by atoms with Gasteiger partial charge >= 0.3 is 0 Å². The molecule has 0 aromatic carbocycles. The summed E-state index contributed by atoms with van der Waals surface area (Å²) in [5, 5.41) is 7.00. The molecule has 4 nitrogen and oxygen atoms in total. The van der Waals surface area contributed by atoms with Gasteiger partial charge in [0.05, 0.1) is 0 Å². The maximum Gasteiger partial charge on any atom is 0.241 e. The van der Waals surface area contributed by atoms with E-state index in [2.05, 4.69) is 5.73 Å². The smallest absolute Gasteiger partial charge is 0.241 e. The zero-order valence-electron chi connectivity index (χ0n) is 5.07. The third kappa shape index (κ3) is 19.9. The molecule has 3 N–H and O–H groups in total. The molecule has 1 amide bonds. The van der Waals surface area contributed by atoms with Crippen molar-refractivity contribution < 1.29 is 14.7 Å². The Bertz CT molecular complexity index is 109. The van der Waals surface area contributed by atoms with Crippen molar-refractivity contribution in [1.29, 1.82) is 0 Å². The van der Waals surface area contributed by atoms with Gasteiger partial charge in [-0.05, 0) is 6.08 Å². The van der Waals surface area contributed by atoms with Crippen LogP contribution in [0.5, 0.6) is 0 Å². The van der Waals surface area contributed by atoms with Crippen molar-refractivity contribution in [3.8, 4) is 0 Å². The van der Waals surface area contributed by atoms with Crippen LogP contribution in [-0.4, -0.2) is 24.4 Å². The minimum Gasteiger partial charge on any atom is -0.400 e. The third-order valence-corrected chi connectivity index (χ3v) is 0.339. The minimum atomic E-state index is -0.605. The molecule has 0 fully saturated rings. The second-order valence-corrected chi connectivity index (χ2v) is 0.898. The maximum atomic E-state index is 9.73. The number of hydrogen-bond acceptors (Lipinski definition) is 3. The standard InChI is InChI=1S/C4H5NO2.CH4O/c5-4(7)2-1-3-6;1-2/h1-3H,(H2,5,7);2H,1H3/b2-1+;. The molecule has 0 radical (unpaired) electrons. The van der Waals surface area contributed by atoms with Crippen LogP contribution in [0.4, 0.5) is 0 Å². The Morgan fingerprint density at radius 1 is 1.56 bits per heavy atom. The third-order valence-electron chi connectivity index (χ3n) is 0.339. The molecule has 52 valence electrons. The lowest BCUT2D eigenvalue weighted by atomic mass is 10.5. The van der Waals surface area contributed by atoms with Crippen LogP contribution >= 0.6 is 0 Å². The van der Waals surface area contributed by atoms with Crippen LogP contribution in [0.2, 0.25) is 0 Å². The van der Waals surface area contributed by atoms with Crippen LogP contribution in [0.15, 0.2) is 12.2 Å². The van der Waals surface area contributed by atoms with Crippen LogP contribution in [0.1, 0.15) is 0 Å². The molecular weight excluding hydrogens is 122 g/mol. The van der Waals surface area contributed by atoms with E-state index in [1.165, 1.54) is 0 Å². The van der Waals surface area contributed by atoms with Gasteiger partial charge in [0.25, 0.3) is 0 Å². The van der Waals surface area contributed by atoms with E-state index in [1.807, 2.05) is 0 Å². The summed E-state index contributed by atoms with van der Waals surface area (Å²) < 4.78 is 0. The molecule has 0 unspecified atom stereocenters. The predicted octanol–water partition coefficient (Wildman–Crippen LogP) is -1.16. The van der Waals surface area contributed by atoms with Crippen molar-refractivity contribution in [2.24, 2.45) is 5.73 Å². The molecular formula is C5H9NO3. The van der Waals surface area contributed by atoms with Crippen LogP contribution in [0.25, 0.3) is 0 Å². The fraction of sp³-hybridized carbons (Fsp3) is 0.200. The molecule has 0 aliphatic carbocycles. The van der Waals surface area contributed by atoms with Crippen LogP contribution in [0.3, 0.4) is 0 Å². The molecule has 0 saturated heterocycles. The summed E-state index contributed by atoms with van der Waals surface area (Å²) in [5.74, 6) is -0.605. The normalized spacial score (nSPS) is 7.78. The summed E-state index contributed by atoms with van der Waals surface area (Å²) >= 11 is 0. The van der Waals surface area contributed by atoms with Gasteiger partial charge in [-0.25, -0.2) is 0 Å². The average Bonchev–Trinajstić information content (AvgIpc) is 1.88. The number of rotatable bonds is 2. The second-order valence-electron chi connectivity index (χ2n) is 0.898. The topological polar surface area (TPSA) is 80.4 Å². The maximum absolute atomic E-state index is 9.73. The van der Waals surface area contributed by atoms with E-state index in [1.54, 1.807) is 0 Å². The molecule has 4 heteroatoms. The zero-order valence-corrected chi connectivity index (χ0v) is 5.07. The number of allylic oxidation sites excluding steroid dienone is 1. The summed E-state index contributed by atoms with van der Waals surface area (Å²) in [7, 11) is 1.00. The van der Waals surface area contributed by atoms with Gasteiger partial charge < -0.3 is 10.8 Å². The van der Waals surface area contributed by atoms with Gasteiger partial charge in [-0.15, -0.1) is 0 Å². The van der Waals surface area contributed by atoms with Crippen molar-refractivity contribution in [2.75, 3.05) is 7.11 Å². The second kappa shape index (κ2) is 9.96. The number of aldehydes is 1. The lowest BCUT2D eigenvalue weighted by molar-refractivity contribution is -0.114. The first kappa shape index (κ1) is 10.8. The van der Waals surface area contributed by atoms with Gasteiger partial charge in [0, 0.05) is 13.2 Å². The monoisotopic (exact) mass is 131 g/mol. The summed E-state index contributed by atoms with van der Waals surface area (Å²) in [4.78, 5) is 19.1. The van der Waals surface area contributed by atoms with E-state index in [0.29, 0.717) is 6.29 Å². The highest BCUT2D eigenvalue weighted by atomic mass is 16.2. The van der Waals surface area contributed by atoms with Crippen LogP contribution in [-0.2, 0) is 9.59 Å². The SMILES string of the molecule is CO.NC(=O)/C=C/C=O. The highest BCUT2D eigenvalue weighted by Gasteiger charge is 1.75. The summed E-state index contributed by atoms with van der Waals surface area (Å²) in [5.41, 5.74) is 4.59. The van der Waals surface area contributed by atoms with Crippen molar-refractivity contribution in [1.82, 2.24) is 0 Å². The van der Waals surface area contributed by atoms with E-state index in [4.69, 9.17) is 5.11 Å². The van der Waals surface area contributed by atoms with E-state index in [9.17, 15) is 9.59 Å². The molecule has 0 aliphatic rings. The van der Waals surface area contributed by atoms with Gasteiger partial charge in [0.2, 0.25) is 5.91 Å². The number of carbonyl (C=O) groups excluding carboxylic acids is 2. The molecule has 0 aromatic rings. The van der Waals surface area contributed by atoms with Gasteiger partial charge in [0.15, 0.2) is 0 Å². The first-order valence-corrected chi connectivity index (χ1v) is 2.13. The average molecular weight is 131 g/mol. The molecule has 9 heavy (non-hydrogen) atoms. The molecule has 0 aliphatic heterocycles. The Hall–Kier alpha value is -1.16. The number of primary amides is 1. The van der Waals surface area contributed by atoms with Crippen molar-refractivity contribution in [3.63, 3.8) is 0 Å². The van der Waals surface area contributed by atoms with Gasteiger partial charge in [0.1, 0.15) is 6.29 Å². The summed E-state index contributed by atoms with van der Waals surface area (Å²) in [6, 6.07) is 0. The van der Waals surface area contributed by atoms with Crippen LogP contribution in [0, 0.1) is 0 Å². The highest BCUT2D eigenvalue weighted by molar-refractivity contribution is 5.89. The molecule has 0 atom stereocenters. The first-order valence-electron chi connectivity index (χ1n) is 2.13. The van der Waals surface area contributed by atoms with Gasteiger partial charge in [-0.3, -0.25) is 9.59 Å². The van der Waals surface area contributed by atoms with Crippen LogP contribution < -0.4 is 5.73 Å². The molecule has 0 rings (SSSR count). The fourth-order valence-electron chi connectivity index (χ4n) is 0.134. The number of aliphatic hydroxyl groups is 1. The zero-order chi connectivity index (χ0) is 7.70. The predicted molar refractivity (Wildman–Crippen MR) is 32.5 cm³/mol. The number of amides is 1. The van der Waals surface area contributed by atoms with Gasteiger partial charge in [-0.2, -0.15) is 0 Å². The summed E-state index contributed by atoms with van der Waals surface area (Å²) in [6.45, 7) is 0. The minimum absolute atomic E-state index is 0.491. The van der Waals surface area contributed by atoms with E-state index < -0.39 is 5.91 Å². The van der Waals surface area contributed by atoms with Crippen molar-refractivity contribution in [2.45, 2.75) is 0 Å². The molecule has 0 aromatic heterocycles. The number of nitrogens with two attached hydrogens (primary N) is 1. The molecule has 0 spiro atoms. The number of carbonyl (C=O) groups is 2. The lowest BCUT2D eigenvalue weighted by Crippen LogP contribution is -2.05. The Morgan fingerprint density at radius 2 is 2.00 bits per heavy atom. The lowest BCUT2D eigenvalue weighted by Gasteiger charge is -1.69. The Morgan fingerprint density at radius 3 is 2.11 bits per heavy atom. The number of aliphatic hydroxyl groups excluding tert-OH is 1. The molecule has 0 saturated carbocycles. The largest absolute Gasteiger partial charge is 0.400 e. The first-order chi connectivity index (χ1) is 4.27. The Kier molecular flexibility index (Phi) is 11.9. The highest BCUT2D eigenvalue weighted by Crippen LogP contribution is 1.60. The van der Waals surface area contributed by atoms with Crippen molar-refractivity contribution in [3.05, 3.63) is 12.2 Å². The Balaban J connectivity index is 0. The van der Waals surface area contributed by atoms with E-state index in [-0.39, 0.29) is 0 Å².